The quantitative estimate of drug-likeness (QED) is 0.811. The van der Waals surface area contributed by atoms with Gasteiger partial charge >= 0.3 is 5.97 Å². The number of benzene rings is 2. The number of hydrogen-bond acceptors (Lipinski definition) is 3. The fourth-order valence-corrected chi connectivity index (χ4v) is 3.42. The Kier molecular flexibility index (Phi) is 5.47. The van der Waals surface area contributed by atoms with Crippen molar-refractivity contribution in [3.05, 3.63) is 70.2 Å². The number of esters is 1. The number of halogens is 1. The van der Waals surface area contributed by atoms with Crippen molar-refractivity contribution >= 4 is 21.9 Å². The molecular weight excluding hydrogens is 354 g/mol. The van der Waals surface area contributed by atoms with Crippen molar-refractivity contribution < 1.29 is 9.53 Å². The summed E-state index contributed by atoms with van der Waals surface area (Å²) in [7, 11) is 0. The van der Waals surface area contributed by atoms with Crippen LogP contribution in [-0.2, 0) is 22.6 Å². The third-order valence-electron chi connectivity index (χ3n) is 4.14. The van der Waals surface area contributed by atoms with Gasteiger partial charge in [0.25, 0.3) is 0 Å². The molecule has 0 radical (unpaired) electrons. The molecule has 0 spiro atoms. The highest BCUT2D eigenvalue weighted by atomic mass is 79.9. The van der Waals surface area contributed by atoms with E-state index in [0.717, 1.165) is 29.4 Å². The molecule has 0 bridgehead atoms. The van der Waals surface area contributed by atoms with E-state index < -0.39 is 0 Å². The second-order valence-corrected chi connectivity index (χ2v) is 6.91. The van der Waals surface area contributed by atoms with E-state index in [2.05, 4.69) is 33.4 Å². The molecule has 120 valence electrons. The molecule has 4 heteroatoms. The van der Waals surface area contributed by atoms with Crippen LogP contribution in [0.5, 0.6) is 0 Å². The van der Waals surface area contributed by atoms with Crippen LogP contribution in [0, 0.1) is 5.92 Å². The van der Waals surface area contributed by atoms with Crippen LogP contribution in [0.25, 0.3) is 0 Å². The lowest BCUT2D eigenvalue weighted by Crippen LogP contribution is -2.32. The summed E-state index contributed by atoms with van der Waals surface area (Å²) in [4.78, 5) is 12.2. The fraction of sp³-hybridized carbons (Fsp3) is 0.316. The van der Waals surface area contributed by atoms with Gasteiger partial charge in [-0.05, 0) is 48.6 Å². The smallest absolute Gasteiger partial charge is 0.323 e. The third-order valence-corrected chi connectivity index (χ3v) is 4.64. The zero-order valence-electron chi connectivity index (χ0n) is 12.9. The van der Waals surface area contributed by atoms with Gasteiger partial charge in [0.1, 0.15) is 12.6 Å². The third kappa shape index (κ3) is 4.66. The largest absolute Gasteiger partial charge is 0.460 e. The van der Waals surface area contributed by atoms with Crippen molar-refractivity contribution in [2.24, 2.45) is 5.92 Å². The zero-order valence-corrected chi connectivity index (χ0v) is 14.5. The van der Waals surface area contributed by atoms with E-state index in [4.69, 9.17) is 4.74 Å². The molecule has 1 N–H and O–H groups in total. The van der Waals surface area contributed by atoms with E-state index in [-0.39, 0.29) is 12.0 Å². The molecule has 0 saturated carbocycles. The molecule has 0 amide bonds. The first kappa shape index (κ1) is 16.2. The number of nitrogens with one attached hydrogen (secondary N) is 1. The number of carbonyl (C=O) groups excluding carboxylic acids is 1. The predicted octanol–water partition coefficient (Wildman–Crippen LogP) is 3.71. The van der Waals surface area contributed by atoms with Crippen molar-refractivity contribution in [1.29, 1.82) is 0 Å². The molecule has 1 heterocycles. The van der Waals surface area contributed by atoms with Crippen LogP contribution in [-0.4, -0.2) is 18.6 Å². The Morgan fingerprint density at radius 1 is 1.13 bits per heavy atom. The van der Waals surface area contributed by atoms with E-state index in [1.165, 1.54) is 5.56 Å². The van der Waals surface area contributed by atoms with Crippen molar-refractivity contribution in [2.75, 3.05) is 6.54 Å². The molecule has 2 aromatic rings. The van der Waals surface area contributed by atoms with Gasteiger partial charge in [0.15, 0.2) is 0 Å². The van der Waals surface area contributed by atoms with Crippen LogP contribution in [0.4, 0.5) is 0 Å². The number of hydrogen-bond donors (Lipinski definition) is 1. The molecule has 0 aromatic heterocycles. The van der Waals surface area contributed by atoms with Crippen LogP contribution < -0.4 is 5.32 Å². The fourth-order valence-electron chi connectivity index (χ4n) is 2.97. The van der Waals surface area contributed by atoms with E-state index in [0.29, 0.717) is 12.5 Å². The van der Waals surface area contributed by atoms with Gasteiger partial charge in [-0.2, -0.15) is 0 Å². The minimum absolute atomic E-state index is 0.148. The summed E-state index contributed by atoms with van der Waals surface area (Å²) in [6, 6.07) is 17.9. The lowest BCUT2D eigenvalue weighted by atomic mass is 9.97. The van der Waals surface area contributed by atoms with Gasteiger partial charge in [-0.15, -0.1) is 0 Å². The molecule has 1 aliphatic rings. The maximum Gasteiger partial charge on any atom is 0.323 e. The Hall–Kier alpha value is -1.65. The van der Waals surface area contributed by atoms with Crippen LogP contribution in [0.3, 0.4) is 0 Å². The molecule has 0 unspecified atom stereocenters. The number of rotatable bonds is 5. The van der Waals surface area contributed by atoms with Crippen LogP contribution in [0.2, 0.25) is 0 Å². The van der Waals surface area contributed by atoms with Gasteiger partial charge in [0.2, 0.25) is 0 Å². The summed E-state index contributed by atoms with van der Waals surface area (Å²) < 4.78 is 6.52. The van der Waals surface area contributed by atoms with Gasteiger partial charge in [0, 0.05) is 4.47 Å². The van der Waals surface area contributed by atoms with Gasteiger partial charge in [0.05, 0.1) is 0 Å². The Morgan fingerprint density at radius 2 is 1.91 bits per heavy atom. The van der Waals surface area contributed by atoms with Gasteiger partial charge in [-0.3, -0.25) is 4.79 Å². The van der Waals surface area contributed by atoms with Crippen LogP contribution in [0.15, 0.2) is 59.1 Å². The van der Waals surface area contributed by atoms with Crippen molar-refractivity contribution in [3.8, 4) is 0 Å². The molecule has 0 aliphatic carbocycles. The highest BCUT2D eigenvalue weighted by molar-refractivity contribution is 9.10. The molecule has 23 heavy (non-hydrogen) atoms. The minimum atomic E-state index is -0.184. The SMILES string of the molecule is O=C(OCc1ccccc1)[C@H]1C[C@H](Cc2cccc(Br)c2)CN1. The Labute approximate surface area is 145 Å². The van der Waals surface area contributed by atoms with E-state index in [1.807, 2.05) is 42.5 Å². The minimum Gasteiger partial charge on any atom is -0.460 e. The molecule has 1 saturated heterocycles. The summed E-state index contributed by atoms with van der Waals surface area (Å²) in [6.07, 6.45) is 1.81. The highest BCUT2D eigenvalue weighted by Gasteiger charge is 2.30. The van der Waals surface area contributed by atoms with Crippen LogP contribution >= 0.6 is 15.9 Å². The lowest BCUT2D eigenvalue weighted by molar-refractivity contribution is -0.147. The Bertz CT molecular complexity index is 659. The van der Waals surface area contributed by atoms with Gasteiger partial charge in [-0.25, -0.2) is 0 Å². The first-order chi connectivity index (χ1) is 11.2. The topological polar surface area (TPSA) is 38.3 Å². The summed E-state index contributed by atoms with van der Waals surface area (Å²) in [6.45, 7) is 1.20. The van der Waals surface area contributed by atoms with Crippen molar-refractivity contribution in [1.82, 2.24) is 5.32 Å². The second-order valence-electron chi connectivity index (χ2n) is 5.99. The maximum atomic E-state index is 12.2. The Morgan fingerprint density at radius 3 is 2.70 bits per heavy atom. The van der Waals surface area contributed by atoms with Gasteiger partial charge < -0.3 is 10.1 Å². The molecule has 3 rings (SSSR count). The lowest BCUT2D eigenvalue weighted by Gasteiger charge is -2.11. The summed E-state index contributed by atoms with van der Waals surface area (Å²) in [5.74, 6) is 0.323. The van der Waals surface area contributed by atoms with Crippen molar-refractivity contribution in [2.45, 2.75) is 25.5 Å². The molecule has 2 atom stereocenters. The van der Waals surface area contributed by atoms with Crippen LogP contribution in [0.1, 0.15) is 17.5 Å². The molecule has 2 aromatic carbocycles. The maximum absolute atomic E-state index is 12.2. The van der Waals surface area contributed by atoms with E-state index in [9.17, 15) is 4.79 Å². The zero-order chi connectivity index (χ0) is 16.1. The molecule has 3 nitrogen and oxygen atoms in total. The first-order valence-electron chi connectivity index (χ1n) is 7.89. The number of carbonyl (C=O) groups is 1. The summed E-state index contributed by atoms with van der Waals surface area (Å²) in [5.41, 5.74) is 2.31. The standard InChI is InChI=1S/C19H20BrNO2/c20-17-8-4-7-15(10-17)9-16-11-18(21-12-16)19(22)23-13-14-5-2-1-3-6-14/h1-8,10,16,18,21H,9,11-13H2/t16-,18+/m0/s1. The molecule has 1 fully saturated rings. The normalized spacial score (nSPS) is 20.4. The predicted molar refractivity (Wildman–Crippen MR) is 94.0 cm³/mol. The molecular formula is C19H20BrNO2. The monoisotopic (exact) mass is 373 g/mol. The summed E-state index contributed by atoms with van der Waals surface area (Å²) >= 11 is 3.50. The second kappa shape index (κ2) is 7.75. The van der Waals surface area contributed by atoms with Gasteiger partial charge in [-0.1, -0.05) is 58.4 Å². The average Bonchev–Trinajstić information content (AvgIpc) is 3.02. The van der Waals surface area contributed by atoms with E-state index >= 15 is 0 Å². The first-order valence-corrected chi connectivity index (χ1v) is 8.68. The highest BCUT2D eigenvalue weighted by Crippen LogP contribution is 2.22. The average molecular weight is 374 g/mol. The van der Waals surface area contributed by atoms with Crippen molar-refractivity contribution in [3.63, 3.8) is 0 Å². The number of ether oxygens (including phenoxy) is 1. The summed E-state index contributed by atoms with van der Waals surface area (Å²) in [5, 5.41) is 3.29. The van der Waals surface area contributed by atoms with E-state index in [1.54, 1.807) is 0 Å². The Balaban J connectivity index is 1.48. The molecule has 1 aliphatic heterocycles.